The van der Waals surface area contributed by atoms with Gasteiger partial charge >= 0.3 is 0 Å². The molecule has 11 nitrogen and oxygen atoms in total. The molecule has 32 heavy (non-hydrogen) atoms. The van der Waals surface area contributed by atoms with E-state index in [1.165, 1.54) is 26.4 Å². The quantitative estimate of drug-likeness (QED) is 0.177. The first-order valence-electron chi connectivity index (χ1n) is 11.4. The molecule has 2 saturated heterocycles. The summed E-state index contributed by atoms with van der Waals surface area (Å²) in [7, 11) is 1.38. The fraction of sp³-hybridized carbons (Fsp3) is 1.00. The first-order chi connectivity index (χ1) is 15.3. The third-order valence-electron chi connectivity index (χ3n) is 5.97. The summed E-state index contributed by atoms with van der Waals surface area (Å²) in [5.74, 6) is 0. The monoisotopic (exact) mass is 468 g/mol. The van der Waals surface area contributed by atoms with Crippen LogP contribution in [0.2, 0.25) is 0 Å². The number of hydrogen-bond acceptors (Lipinski definition) is 11. The molecule has 6 N–H and O–H groups in total. The number of aliphatic hydroxyl groups is 6. The molecule has 2 rings (SSSR count). The summed E-state index contributed by atoms with van der Waals surface area (Å²) in [6.45, 7) is 1.66. The lowest BCUT2D eigenvalue weighted by Gasteiger charge is -2.43. The maximum atomic E-state index is 10.4. The predicted octanol–water partition coefficient (Wildman–Crippen LogP) is -1.36. The van der Waals surface area contributed by atoms with E-state index >= 15 is 0 Å². The number of ether oxygens (including phenoxy) is 5. The zero-order chi connectivity index (χ0) is 23.7. The van der Waals surface area contributed by atoms with E-state index in [-0.39, 0.29) is 6.61 Å². The van der Waals surface area contributed by atoms with Gasteiger partial charge in [-0.25, -0.2) is 0 Å². The topological polar surface area (TPSA) is 168 Å². The molecule has 0 aromatic carbocycles. The highest BCUT2D eigenvalue weighted by molar-refractivity contribution is 4.92. The van der Waals surface area contributed by atoms with Crippen LogP contribution in [0.25, 0.3) is 0 Å². The molecule has 2 aliphatic rings. The fourth-order valence-electron chi connectivity index (χ4n) is 3.90. The van der Waals surface area contributed by atoms with E-state index in [2.05, 4.69) is 6.92 Å². The number of rotatable bonds is 13. The Morgan fingerprint density at radius 3 is 1.97 bits per heavy atom. The molecule has 0 aromatic heterocycles. The average molecular weight is 469 g/mol. The Hall–Kier alpha value is -0.440. The van der Waals surface area contributed by atoms with Crippen molar-refractivity contribution in [2.45, 2.75) is 107 Å². The summed E-state index contributed by atoms with van der Waals surface area (Å²) in [4.78, 5) is 0. The van der Waals surface area contributed by atoms with Gasteiger partial charge in [-0.2, -0.15) is 0 Å². The van der Waals surface area contributed by atoms with Gasteiger partial charge in [-0.05, 0) is 6.42 Å². The molecule has 10 atom stereocenters. The van der Waals surface area contributed by atoms with E-state index in [0.29, 0.717) is 6.61 Å². The van der Waals surface area contributed by atoms with Crippen LogP contribution >= 0.6 is 0 Å². The normalized spacial score (nSPS) is 40.5. The van der Waals surface area contributed by atoms with Crippen molar-refractivity contribution in [2.24, 2.45) is 0 Å². The second-order valence-electron chi connectivity index (χ2n) is 8.39. The van der Waals surface area contributed by atoms with Crippen molar-refractivity contribution in [1.82, 2.24) is 0 Å². The van der Waals surface area contributed by atoms with Crippen LogP contribution in [0.15, 0.2) is 0 Å². The standard InChI is InChI=1S/C21H40O11/c1-3-4-5-6-7-8-9-29-21-19(28-2)17(26)15(24)13(32-21)11-30-20-18(27)16(25)14(23)12(10-22)31-20/h12-27H,3-11H2,1-2H3/t12-,13-,14-,15-,16+,17+,18+,19+,20+,21+/m1/s1. The summed E-state index contributed by atoms with van der Waals surface area (Å²) in [6.07, 6.45) is -6.16. The zero-order valence-corrected chi connectivity index (χ0v) is 18.9. The molecule has 0 bridgehead atoms. The first-order valence-corrected chi connectivity index (χ1v) is 11.4. The molecule has 2 heterocycles. The van der Waals surface area contributed by atoms with Crippen molar-refractivity contribution in [2.75, 3.05) is 26.9 Å². The summed E-state index contributed by atoms with van der Waals surface area (Å²) in [5, 5.41) is 59.9. The van der Waals surface area contributed by atoms with Gasteiger partial charge in [0.2, 0.25) is 0 Å². The minimum absolute atomic E-state index is 0.311. The molecule has 190 valence electrons. The van der Waals surface area contributed by atoms with Crippen LogP contribution in [-0.4, -0.2) is 119 Å². The van der Waals surface area contributed by atoms with Crippen LogP contribution in [-0.2, 0) is 23.7 Å². The summed E-state index contributed by atoms with van der Waals surface area (Å²) in [5.41, 5.74) is 0. The van der Waals surface area contributed by atoms with Crippen LogP contribution in [0.5, 0.6) is 0 Å². The Balaban J connectivity index is 1.87. The second kappa shape index (κ2) is 14.1. The van der Waals surface area contributed by atoms with Gasteiger partial charge in [-0.3, -0.25) is 0 Å². The highest BCUT2D eigenvalue weighted by Gasteiger charge is 2.48. The van der Waals surface area contributed by atoms with Gasteiger partial charge in [-0.1, -0.05) is 39.0 Å². The molecule has 0 aromatic rings. The Morgan fingerprint density at radius 1 is 0.688 bits per heavy atom. The summed E-state index contributed by atoms with van der Waals surface area (Å²) in [6, 6.07) is 0. The summed E-state index contributed by atoms with van der Waals surface area (Å²) >= 11 is 0. The Kier molecular flexibility index (Phi) is 12.2. The van der Waals surface area contributed by atoms with E-state index in [1.807, 2.05) is 0 Å². The van der Waals surface area contributed by atoms with Gasteiger partial charge in [0.15, 0.2) is 12.6 Å². The molecular weight excluding hydrogens is 428 g/mol. The van der Waals surface area contributed by atoms with E-state index in [4.69, 9.17) is 23.7 Å². The molecule has 0 saturated carbocycles. The minimum Gasteiger partial charge on any atom is -0.394 e. The lowest BCUT2D eigenvalue weighted by Crippen LogP contribution is -2.62. The predicted molar refractivity (Wildman–Crippen MR) is 111 cm³/mol. The van der Waals surface area contributed by atoms with Gasteiger partial charge in [-0.15, -0.1) is 0 Å². The highest BCUT2D eigenvalue weighted by atomic mass is 16.7. The third kappa shape index (κ3) is 7.28. The highest BCUT2D eigenvalue weighted by Crippen LogP contribution is 2.27. The largest absolute Gasteiger partial charge is 0.394 e. The van der Waals surface area contributed by atoms with E-state index < -0.39 is 68.0 Å². The number of hydrogen-bond donors (Lipinski definition) is 6. The van der Waals surface area contributed by atoms with Crippen molar-refractivity contribution >= 4 is 0 Å². The SMILES string of the molecule is CCCCCCCCO[C@H]1O[C@H](CO[C@H]2O[C@H](CO)[C@@H](O)[C@H](O)[C@@H]2O)[C@@H](O)[C@H](O)[C@@H]1OC. The molecule has 0 amide bonds. The molecule has 0 unspecified atom stereocenters. The molecule has 11 heteroatoms. The average Bonchev–Trinajstić information content (AvgIpc) is 2.79. The van der Waals surface area contributed by atoms with Gasteiger partial charge in [0.1, 0.15) is 48.8 Å². The minimum atomic E-state index is -1.58. The van der Waals surface area contributed by atoms with E-state index in [0.717, 1.165) is 19.3 Å². The lowest BCUT2D eigenvalue weighted by molar-refractivity contribution is -0.333. The third-order valence-corrected chi connectivity index (χ3v) is 5.97. The smallest absolute Gasteiger partial charge is 0.186 e. The Bertz CT molecular complexity index is 508. The number of aliphatic hydroxyl groups excluding tert-OH is 6. The molecular formula is C21H40O11. The Labute approximate surface area is 188 Å². The number of unbranched alkanes of at least 4 members (excludes halogenated alkanes) is 5. The fourth-order valence-corrected chi connectivity index (χ4v) is 3.90. The van der Waals surface area contributed by atoms with Crippen molar-refractivity contribution in [3.63, 3.8) is 0 Å². The van der Waals surface area contributed by atoms with Gasteiger partial charge < -0.3 is 54.3 Å². The Morgan fingerprint density at radius 2 is 1.31 bits per heavy atom. The van der Waals surface area contributed by atoms with Crippen LogP contribution < -0.4 is 0 Å². The van der Waals surface area contributed by atoms with Crippen molar-refractivity contribution in [1.29, 1.82) is 0 Å². The van der Waals surface area contributed by atoms with Crippen molar-refractivity contribution < 1.29 is 54.3 Å². The molecule has 2 aliphatic heterocycles. The zero-order valence-electron chi connectivity index (χ0n) is 18.9. The molecule has 0 radical (unpaired) electrons. The van der Waals surface area contributed by atoms with Gasteiger partial charge in [0.25, 0.3) is 0 Å². The van der Waals surface area contributed by atoms with Crippen LogP contribution in [0.1, 0.15) is 45.4 Å². The van der Waals surface area contributed by atoms with E-state index in [9.17, 15) is 30.6 Å². The maximum Gasteiger partial charge on any atom is 0.186 e. The van der Waals surface area contributed by atoms with Crippen LogP contribution in [0.3, 0.4) is 0 Å². The van der Waals surface area contributed by atoms with Crippen molar-refractivity contribution in [3.8, 4) is 0 Å². The van der Waals surface area contributed by atoms with Crippen molar-refractivity contribution in [3.05, 3.63) is 0 Å². The lowest BCUT2D eigenvalue weighted by atomic mass is 9.98. The van der Waals surface area contributed by atoms with E-state index in [1.54, 1.807) is 0 Å². The second-order valence-corrected chi connectivity index (χ2v) is 8.39. The summed E-state index contributed by atoms with van der Waals surface area (Å²) < 4.78 is 27.5. The molecule has 0 spiro atoms. The molecule has 2 fully saturated rings. The van der Waals surface area contributed by atoms with Gasteiger partial charge in [0.05, 0.1) is 13.2 Å². The van der Waals surface area contributed by atoms with Crippen LogP contribution in [0.4, 0.5) is 0 Å². The number of methoxy groups -OCH3 is 1. The van der Waals surface area contributed by atoms with Crippen LogP contribution in [0, 0.1) is 0 Å². The van der Waals surface area contributed by atoms with Gasteiger partial charge in [0, 0.05) is 13.7 Å². The maximum absolute atomic E-state index is 10.4. The molecule has 0 aliphatic carbocycles. The first kappa shape index (κ1) is 27.8.